The molecule has 8 heteroatoms. The van der Waals surface area contributed by atoms with Crippen molar-refractivity contribution in [2.24, 2.45) is 0 Å². The minimum Gasteiger partial charge on any atom is -0.347 e. The highest BCUT2D eigenvalue weighted by atomic mass is 16.6. The van der Waals surface area contributed by atoms with Gasteiger partial charge < -0.3 is 10.3 Å². The largest absolute Gasteiger partial charge is 0.347 e. The fourth-order valence-corrected chi connectivity index (χ4v) is 2.31. The topological polar surface area (TPSA) is 113 Å². The molecule has 1 amide bonds. The van der Waals surface area contributed by atoms with E-state index in [0.717, 1.165) is 11.4 Å². The van der Waals surface area contributed by atoms with E-state index in [2.05, 4.69) is 20.6 Å². The number of aromatic amines is 1. The molecule has 8 nitrogen and oxygen atoms in total. The van der Waals surface area contributed by atoms with Gasteiger partial charge in [0, 0.05) is 19.0 Å². The van der Waals surface area contributed by atoms with Crippen molar-refractivity contribution in [3.63, 3.8) is 0 Å². The van der Waals surface area contributed by atoms with E-state index in [0.29, 0.717) is 13.0 Å². The Kier molecular flexibility index (Phi) is 3.36. The number of carbonyl (C=O) groups excluding carboxylic acids is 1. The summed E-state index contributed by atoms with van der Waals surface area (Å²) in [5, 5.41) is 16.6. The number of benzene rings is 1. The second-order valence-corrected chi connectivity index (χ2v) is 4.73. The summed E-state index contributed by atoms with van der Waals surface area (Å²) < 4.78 is 0. The van der Waals surface area contributed by atoms with Crippen LogP contribution in [0.2, 0.25) is 0 Å². The van der Waals surface area contributed by atoms with Crippen LogP contribution in [-0.2, 0) is 17.8 Å². The van der Waals surface area contributed by atoms with Gasteiger partial charge in [0.2, 0.25) is 5.91 Å². The van der Waals surface area contributed by atoms with Crippen LogP contribution in [0.3, 0.4) is 0 Å². The molecule has 3 rings (SSSR count). The summed E-state index contributed by atoms with van der Waals surface area (Å²) in [5.41, 5.74) is 1.88. The molecule has 3 N–H and O–H groups in total. The molecule has 0 saturated heterocycles. The van der Waals surface area contributed by atoms with Crippen LogP contribution >= 0.6 is 0 Å². The highest BCUT2D eigenvalue weighted by Crippen LogP contribution is 2.23. The van der Waals surface area contributed by atoms with Crippen molar-refractivity contribution in [2.75, 3.05) is 5.32 Å². The first-order valence-electron chi connectivity index (χ1n) is 6.44. The summed E-state index contributed by atoms with van der Waals surface area (Å²) in [4.78, 5) is 29.8. The molecule has 1 unspecified atom stereocenters. The Hall–Kier alpha value is -2.74. The summed E-state index contributed by atoms with van der Waals surface area (Å²) in [7, 11) is 0. The van der Waals surface area contributed by atoms with Crippen LogP contribution in [0.5, 0.6) is 0 Å². The van der Waals surface area contributed by atoms with Crippen LogP contribution < -0.4 is 10.6 Å². The van der Waals surface area contributed by atoms with E-state index in [1.165, 1.54) is 12.1 Å². The molecule has 1 aromatic carbocycles. The van der Waals surface area contributed by atoms with Crippen LogP contribution in [-0.4, -0.2) is 26.8 Å². The van der Waals surface area contributed by atoms with Crippen molar-refractivity contribution in [2.45, 2.75) is 19.0 Å². The van der Waals surface area contributed by atoms with Gasteiger partial charge in [-0.2, -0.15) is 0 Å². The van der Waals surface area contributed by atoms with E-state index in [1.807, 2.05) is 0 Å². The summed E-state index contributed by atoms with van der Waals surface area (Å²) >= 11 is 0. The molecular formula is C13H13N5O3. The maximum absolute atomic E-state index is 12.2. The fraction of sp³-hybridized carbons (Fsp3) is 0.231. The van der Waals surface area contributed by atoms with E-state index in [9.17, 15) is 14.9 Å². The number of hydrogen-bond donors (Lipinski definition) is 3. The Labute approximate surface area is 119 Å². The van der Waals surface area contributed by atoms with Crippen LogP contribution in [0.15, 0.2) is 30.6 Å². The number of para-hydroxylation sites is 2. The van der Waals surface area contributed by atoms with Gasteiger partial charge in [0.05, 0.1) is 28.7 Å². The van der Waals surface area contributed by atoms with Crippen molar-refractivity contribution in [3.8, 4) is 0 Å². The quantitative estimate of drug-likeness (QED) is 0.575. The third-order valence-corrected chi connectivity index (χ3v) is 3.41. The number of fused-ring (bicyclic) bond motifs is 1. The zero-order chi connectivity index (χ0) is 14.8. The Morgan fingerprint density at radius 1 is 1.43 bits per heavy atom. The van der Waals surface area contributed by atoms with Crippen LogP contribution in [0.4, 0.5) is 11.4 Å². The Bertz CT molecular complexity index is 697. The Balaban J connectivity index is 1.75. The summed E-state index contributed by atoms with van der Waals surface area (Å²) in [6, 6.07) is 5.61. The number of aromatic nitrogens is 2. The molecule has 0 spiro atoms. The minimum absolute atomic E-state index is 0.123. The van der Waals surface area contributed by atoms with Gasteiger partial charge >= 0.3 is 0 Å². The van der Waals surface area contributed by atoms with Crippen molar-refractivity contribution >= 4 is 17.3 Å². The van der Waals surface area contributed by atoms with E-state index >= 15 is 0 Å². The van der Waals surface area contributed by atoms with Gasteiger partial charge in [0.1, 0.15) is 5.69 Å². The standard InChI is InChI=1S/C13H13N5O3/c19-13(10-5-9-11(6-14-10)16-7-15-9)17-8-3-1-2-4-12(8)18(20)21/h1-4,7,10,14H,5-6H2,(H,15,16)(H,17,19). The number of nitro groups is 1. The van der Waals surface area contributed by atoms with Gasteiger partial charge in [-0.1, -0.05) is 12.1 Å². The average molecular weight is 287 g/mol. The van der Waals surface area contributed by atoms with Crippen LogP contribution in [0.1, 0.15) is 11.4 Å². The number of hydrogen-bond acceptors (Lipinski definition) is 5. The van der Waals surface area contributed by atoms with Crippen LogP contribution in [0, 0.1) is 10.1 Å². The van der Waals surface area contributed by atoms with Crippen molar-refractivity contribution < 1.29 is 9.72 Å². The maximum atomic E-state index is 12.2. The number of nitrogens with one attached hydrogen (secondary N) is 3. The molecule has 108 valence electrons. The molecular weight excluding hydrogens is 274 g/mol. The van der Waals surface area contributed by atoms with Gasteiger partial charge in [-0.15, -0.1) is 0 Å². The van der Waals surface area contributed by atoms with Gasteiger partial charge in [-0.3, -0.25) is 20.2 Å². The molecule has 2 heterocycles. The molecule has 0 bridgehead atoms. The number of rotatable bonds is 3. The molecule has 21 heavy (non-hydrogen) atoms. The van der Waals surface area contributed by atoms with Crippen molar-refractivity contribution in [1.82, 2.24) is 15.3 Å². The molecule has 1 atom stereocenters. The van der Waals surface area contributed by atoms with Crippen LogP contribution in [0.25, 0.3) is 0 Å². The van der Waals surface area contributed by atoms with E-state index < -0.39 is 11.0 Å². The molecule has 1 aromatic heterocycles. The number of imidazole rings is 1. The van der Waals surface area contributed by atoms with Gasteiger partial charge in [-0.05, 0) is 6.07 Å². The predicted octanol–water partition coefficient (Wildman–Crippen LogP) is 0.971. The van der Waals surface area contributed by atoms with Crippen molar-refractivity contribution in [1.29, 1.82) is 0 Å². The average Bonchev–Trinajstić information content (AvgIpc) is 2.94. The molecule has 2 aromatic rings. The normalized spacial score (nSPS) is 17.0. The Morgan fingerprint density at radius 3 is 3.05 bits per heavy atom. The fourth-order valence-electron chi connectivity index (χ4n) is 2.31. The Morgan fingerprint density at radius 2 is 2.24 bits per heavy atom. The molecule has 0 aliphatic carbocycles. The maximum Gasteiger partial charge on any atom is 0.292 e. The monoisotopic (exact) mass is 287 g/mol. The predicted molar refractivity (Wildman–Crippen MR) is 74.6 cm³/mol. The summed E-state index contributed by atoms with van der Waals surface area (Å²) in [6.45, 7) is 0.518. The lowest BCUT2D eigenvalue weighted by Crippen LogP contribution is -2.44. The SMILES string of the molecule is O=C(Nc1ccccc1[N+](=O)[O-])C1Cc2nc[nH]c2CN1. The van der Waals surface area contributed by atoms with Crippen molar-refractivity contribution in [3.05, 3.63) is 52.1 Å². The lowest BCUT2D eigenvalue weighted by Gasteiger charge is -2.22. The first-order valence-corrected chi connectivity index (χ1v) is 6.44. The van der Waals surface area contributed by atoms with Gasteiger partial charge in [0.25, 0.3) is 5.69 Å². The lowest BCUT2D eigenvalue weighted by molar-refractivity contribution is -0.383. The molecule has 1 aliphatic heterocycles. The summed E-state index contributed by atoms with van der Waals surface area (Å²) in [6.07, 6.45) is 2.04. The number of carbonyl (C=O) groups is 1. The second kappa shape index (κ2) is 5.33. The second-order valence-electron chi connectivity index (χ2n) is 4.73. The molecule has 1 aliphatic rings. The number of H-pyrrole nitrogens is 1. The summed E-state index contributed by atoms with van der Waals surface area (Å²) in [5.74, 6) is -0.307. The van der Waals surface area contributed by atoms with E-state index in [1.54, 1.807) is 18.5 Å². The van der Waals surface area contributed by atoms with E-state index in [4.69, 9.17) is 0 Å². The third-order valence-electron chi connectivity index (χ3n) is 3.41. The van der Waals surface area contributed by atoms with Gasteiger partial charge in [-0.25, -0.2) is 4.98 Å². The third kappa shape index (κ3) is 2.61. The highest BCUT2D eigenvalue weighted by molar-refractivity contribution is 5.97. The highest BCUT2D eigenvalue weighted by Gasteiger charge is 2.27. The van der Waals surface area contributed by atoms with Gasteiger partial charge in [0.15, 0.2) is 0 Å². The molecule has 0 fully saturated rings. The number of nitrogens with zero attached hydrogens (tertiary/aromatic N) is 2. The number of amides is 1. The molecule has 0 saturated carbocycles. The minimum atomic E-state index is -0.518. The number of nitro benzene ring substituents is 1. The number of anilines is 1. The smallest absolute Gasteiger partial charge is 0.292 e. The van der Waals surface area contributed by atoms with E-state index in [-0.39, 0.29) is 17.3 Å². The first kappa shape index (κ1) is 13.3. The zero-order valence-corrected chi connectivity index (χ0v) is 11.0. The zero-order valence-electron chi connectivity index (χ0n) is 11.0. The molecule has 0 radical (unpaired) electrons. The lowest BCUT2D eigenvalue weighted by atomic mass is 10.0. The first-order chi connectivity index (χ1) is 10.1.